The van der Waals surface area contributed by atoms with Crippen LogP contribution in [0.15, 0.2) is 24.3 Å². The van der Waals surface area contributed by atoms with Crippen molar-refractivity contribution in [1.29, 1.82) is 0 Å². The van der Waals surface area contributed by atoms with E-state index in [1.54, 1.807) is 10.8 Å². The van der Waals surface area contributed by atoms with Gasteiger partial charge >= 0.3 is 5.97 Å². The number of nitrogens with one attached hydrogen (secondary N) is 1. The number of hydrogen-bond donors (Lipinski definition) is 1. The third kappa shape index (κ3) is 5.48. The van der Waals surface area contributed by atoms with Crippen LogP contribution in [0.4, 0.5) is 5.69 Å². The molecule has 0 saturated heterocycles. The summed E-state index contributed by atoms with van der Waals surface area (Å²) >= 11 is 6.35. The fourth-order valence-electron chi connectivity index (χ4n) is 3.41. The molecule has 2 aromatic rings. The van der Waals surface area contributed by atoms with Crippen LogP contribution in [0.25, 0.3) is 6.08 Å². The number of carbonyl (C=O) groups is 2. The number of anilines is 1. The second-order valence-electron chi connectivity index (χ2n) is 7.69. The minimum absolute atomic E-state index is 0.348. The Morgan fingerprint density at radius 1 is 1.31 bits per heavy atom. The molecule has 0 atom stereocenters. The number of carbonyl (C=O) groups excluding carboxylic acids is 2. The van der Waals surface area contributed by atoms with Gasteiger partial charge in [0.15, 0.2) is 6.61 Å². The largest absolute Gasteiger partial charge is 0.452 e. The number of aromatic nitrogens is 2. The molecular weight excluding hydrogens is 390 g/mol. The van der Waals surface area contributed by atoms with E-state index in [0.29, 0.717) is 23.2 Å². The number of esters is 1. The zero-order valence-electron chi connectivity index (χ0n) is 17.0. The van der Waals surface area contributed by atoms with E-state index in [1.807, 2.05) is 25.1 Å². The molecule has 0 radical (unpaired) electrons. The van der Waals surface area contributed by atoms with Crippen LogP contribution < -0.4 is 5.32 Å². The summed E-state index contributed by atoms with van der Waals surface area (Å²) in [6.07, 6.45) is 6.11. The smallest absolute Gasteiger partial charge is 0.331 e. The number of halogens is 1. The standard InChI is InChI=1S/C22H26ClN3O3/c1-14(2)12-26-22(23)19(15(3)25-26)9-10-21(28)29-13-20(27)24-18-8-7-16-5-4-6-17(16)11-18/h7-11,14H,4-6,12-13H2,1-3H3,(H,24,27)/b10-9+. The van der Waals surface area contributed by atoms with E-state index in [1.165, 1.54) is 17.2 Å². The summed E-state index contributed by atoms with van der Waals surface area (Å²) in [4.78, 5) is 24.0. The summed E-state index contributed by atoms with van der Waals surface area (Å²) < 4.78 is 6.75. The highest BCUT2D eigenvalue weighted by Crippen LogP contribution is 2.25. The Labute approximate surface area is 175 Å². The molecule has 1 amide bonds. The fraction of sp³-hybridized carbons (Fsp3) is 0.409. The minimum Gasteiger partial charge on any atom is -0.452 e. The summed E-state index contributed by atoms with van der Waals surface area (Å²) in [5.74, 6) is -0.581. The number of ether oxygens (including phenoxy) is 1. The first-order chi connectivity index (χ1) is 13.8. The van der Waals surface area contributed by atoms with Gasteiger partial charge in [0, 0.05) is 23.9 Å². The highest BCUT2D eigenvalue weighted by atomic mass is 35.5. The van der Waals surface area contributed by atoms with Gasteiger partial charge in [0.25, 0.3) is 5.91 Å². The lowest BCUT2D eigenvalue weighted by atomic mass is 10.1. The fourth-order valence-corrected chi connectivity index (χ4v) is 3.71. The molecule has 1 aromatic carbocycles. The van der Waals surface area contributed by atoms with Crippen LogP contribution >= 0.6 is 11.6 Å². The third-order valence-electron chi connectivity index (χ3n) is 4.76. The average molecular weight is 416 g/mol. The molecule has 0 unspecified atom stereocenters. The summed E-state index contributed by atoms with van der Waals surface area (Å²) in [5.41, 5.74) is 4.74. The van der Waals surface area contributed by atoms with Crippen LogP contribution in [-0.2, 0) is 33.7 Å². The Kier molecular flexibility index (Phi) is 6.75. The van der Waals surface area contributed by atoms with Crippen LogP contribution in [0.5, 0.6) is 0 Å². The second-order valence-corrected chi connectivity index (χ2v) is 8.05. The highest BCUT2D eigenvalue weighted by Gasteiger charge is 2.14. The van der Waals surface area contributed by atoms with Crippen LogP contribution in [0.3, 0.4) is 0 Å². The van der Waals surface area contributed by atoms with E-state index >= 15 is 0 Å². The molecule has 1 heterocycles. The van der Waals surface area contributed by atoms with Gasteiger partial charge in [-0.05, 0) is 61.4 Å². The van der Waals surface area contributed by atoms with E-state index in [9.17, 15) is 9.59 Å². The summed E-state index contributed by atoms with van der Waals surface area (Å²) in [6.45, 7) is 6.33. The predicted octanol–water partition coefficient (Wildman–Crippen LogP) is 4.18. The van der Waals surface area contributed by atoms with Crippen LogP contribution in [0, 0.1) is 12.8 Å². The second kappa shape index (κ2) is 9.27. The normalized spacial score (nSPS) is 13.1. The molecular formula is C22H26ClN3O3. The molecule has 1 aromatic heterocycles. The Hall–Kier alpha value is -2.60. The SMILES string of the molecule is Cc1nn(CC(C)C)c(Cl)c1/C=C/C(=O)OCC(=O)Nc1ccc2c(c1)CCC2. The van der Waals surface area contributed by atoms with Crippen molar-refractivity contribution in [3.63, 3.8) is 0 Å². The lowest BCUT2D eigenvalue weighted by Crippen LogP contribution is -2.20. The summed E-state index contributed by atoms with van der Waals surface area (Å²) in [6, 6.07) is 5.91. The zero-order chi connectivity index (χ0) is 21.0. The van der Waals surface area contributed by atoms with E-state index in [4.69, 9.17) is 16.3 Å². The van der Waals surface area contributed by atoms with E-state index in [-0.39, 0.29) is 12.5 Å². The maximum Gasteiger partial charge on any atom is 0.331 e. The highest BCUT2D eigenvalue weighted by molar-refractivity contribution is 6.31. The third-order valence-corrected chi connectivity index (χ3v) is 5.16. The Balaban J connectivity index is 1.52. The maximum absolute atomic E-state index is 12.1. The molecule has 29 heavy (non-hydrogen) atoms. The molecule has 0 aliphatic heterocycles. The van der Waals surface area contributed by atoms with Crippen LogP contribution in [0.1, 0.15) is 42.7 Å². The quantitative estimate of drug-likeness (QED) is 0.543. The number of amides is 1. The van der Waals surface area contributed by atoms with Gasteiger partial charge < -0.3 is 10.1 Å². The van der Waals surface area contributed by atoms with Gasteiger partial charge in [0.1, 0.15) is 5.15 Å². The number of fused-ring (bicyclic) bond motifs is 1. The first-order valence-corrected chi connectivity index (χ1v) is 10.2. The number of benzene rings is 1. The number of aryl methyl sites for hydroxylation is 3. The molecule has 1 aliphatic carbocycles. The van der Waals surface area contributed by atoms with Gasteiger partial charge in [-0.15, -0.1) is 0 Å². The Morgan fingerprint density at radius 3 is 2.83 bits per heavy atom. The monoisotopic (exact) mass is 415 g/mol. The van der Waals surface area contributed by atoms with Crippen molar-refractivity contribution in [2.24, 2.45) is 5.92 Å². The number of hydrogen-bond acceptors (Lipinski definition) is 4. The maximum atomic E-state index is 12.1. The van der Waals surface area contributed by atoms with Gasteiger partial charge in [-0.1, -0.05) is 31.5 Å². The van der Waals surface area contributed by atoms with Gasteiger partial charge in [-0.25, -0.2) is 4.79 Å². The van der Waals surface area contributed by atoms with Crippen molar-refractivity contribution >= 4 is 35.2 Å². The van der Waals surface area contributed by atoms with Crippen molar-refractivity contribution in [1.82, 2.24) is 9.78 Å². The van der Waals surface area contributed by atoms with Crippen molar-refractivity contribution < 1.29 is 14.3 Å². The number of rotatable bonds is 7. The number of nitrogens with zero attached hydrogens (tertiary/aromatic N) is 2. The zero-order valence-corrected chi connectivity index (χ0v) is 17.8. The Bertz CT molecular complexity index is 947. The van der Waals surface area contributed by atoms with E-state index in [2.05, 4.69) is 24.3 Å². The van der Waals surface area contributed by atoms with Crippen LogP contribution in [0.2, 0.25) is 5.15 Å². The Morgan fingerprint density at radius 2 is 2.07 bits per heavy atom. The van der Waals surface area contributed by atoms with Crippen molar-refractivity contribution in [3.8, 4) is 0 Å². The van der Waals surface area contributed by atoms with Crippen molar-refractivity contribution in [2.75, 3.05) is 11.9 Å². The molecule has 0 fully saturated rings. The first-order valence-electron chi connectivity index (χ1n) is 9.83. The minimum atomic E-state index is -0.610. The molecule has 1 aliphatic rings. The van der Waals surface area contributed by atoms with Gasteiger partial charge in [0.2, 0.25) is 0 Å². The van der Waals surface area contributed by atoms with Crippen molar-refractivity contribution in [3.05, 3.63) is 51.8 Å². The van der Waals surface area contributed by atoms with Gasteiger partial charge in [-0.2, -0.15) is 5.10 Å². The molecule has 3 rings (SSSR count). The molecule has 0 bridgehead atoms. The predicted molar refractivity (Wildman–Crippen MR) is 114 cm³/mol. The van der Waals surface area contributed by atoms with Gasteiger partial charge in [-0.3, -0.25) is 9.48 Å². The van der Waals surface area contributed by atoms with Gasteiger partial charge in [0.05, 0.1) is 5.69 Å². The molecule has 154 valence electrons. The van der Waals surface area contributed by atoms with E-state index in [0.717, 1.165) is 30.6 Å². The van der Waals surface area contributed by atoms with E-state index < -0.39 is 5.97 Å². The average Bonchev–Trinajstić information content (AvgIpc) is 3.22. The molecule has 0 spiro atoms. The lowest BCUT2D eigenvalue weighted by Gasteiger charge is -2.07. The summed E-state index contributed by atoms with van der Waals surface area (Å²) in [7, 11) is 0. The lowest BCUT2D eigenvalue weighted by molar-refractivity contribution is -0.142. The van der Waals surface area contributed by atoms with Crippen molar-refractivity contribution in [2.45, 2.75) is 46.6 Å². The molecule has 1 N–H and O–H groups in total. The molecule has 0 saturated carbocycles. The first kappa shape index (κ1) is 21.1. The molecule has 7 heteroatoms. The topological polar surface area (TPSA) is 73.2 Å². The summed E-state index contributed by atoms with van der Waals surface area (Å²) in [5, 5.41) is 7.64. The van der Waals surface area contributed by atoms with Crippen LogP contribution in [-0.4, -0.2) is 28.3 Å². The molecule has 6 nitrogen and oxygen atoms in total.